The monoisotopic (exact) mass is 290 g/mol. The van der Waals surface area contributed by atoms with E-state index in [4.69, 9.17) is 0 Å². The van der Waals surface area contributed by atoms with E-state index in [1.807, 2.05) is 20.8 Å². The van der Waals surface area contributed by atoms with Gasteiger partial charge in [0.15, 0.2) is 5.75 Å². The second-order valence-corrected chi connectivity index (χ2v) is 5.87. The first kappa shape index (κ1) is 15.4. The van der Waals surface area contributed by atoms with E-state index in [1.165, 1.54) is 11.1 Å². The van der Waals surface area contributed by atoms with Gasteiger partial charge >= 0.3 is 10.5 Å². The zero-order chi connectivity index (χ0) is 14.8. The van der Waals surface area contributed by atoms with Crippen molar-refractivity contribution in [2.75, 3.05) is 7.05 Å². The van der Waals surface area contributed by atoms with E-state index in [0.717, 1.165) is 12.3 Å². The van der Waals surface area contributed by atoms with Crippen molar-refractivity contribution in [2.45, 2.75) is 26.3 Å². The molecule has 1 rings (SSSR count). The van der Waals surface area contributed by atoms with Crippen LogP contribution in [0, 0.1) is 0 Å². The van der Waals surface area contributed by atoms with Crippen molar-refractivity contribution in [3.8, 4) is 5.75 Å². The molecule has 0 aromatic carbocycles. The van der Waals surface area contributed by atoms with Gasteiger partial charge in [0.25, 0.3) is 5.91 Å². The van der Waals surface area contributed by atoms with Crippen LogP contribution in [0.5, 0.6) is 5.75 Å². The molecule has 0 fully saturated rings. The molecule has 6 nitrogen and oxygen atoms in total. The predicted octanol–water partition coefficient (Wildman–Crippen LogP) is 1.55. The van der Waals surface area contributed by atoms with Gasteiger partial charge in [-0.2, -0.15) is 8.42 Å². The minimum atomic E-state index is -5.13. The number of amides is 1. The lowest BCUT2D eigenvalue weighted by Crippen LogP contribution is -2.42. The second-order valence-electron chi connectivity index (χ2n) is 4.92. The Morgan fingerprint density at radius 1 is 1.37 bits per heavy atom. The van der Waals surface area contributed by atoms with Crippen molar-refractivity contribution in [2.24, 2.45) is 0 Å². The van der Waals surface area contributed by atoms with Gasteiger partial charge in [-0.05, 0) is 26.8 Å². The number of carbonyl (C=O) groups is 1. The Balaban J connectivity index is 3.03. The number of halogens is 1. The van der Waals surface area contributed by atoms with Crippen LogP contribution in [0.4, 0.5) is 3.89 Å². The molecular weight excluding hydrogens is 275 g/mol. The maximum atomic E-state index is 12.4. The Kier molecular flexibility index (Phi) is 4.14. The van der Waals surface area contributed by atoms with E-state index >= 15 is 0 Å². The van der Waals surface area contributed by atoms with E-state index in [-0.39, 0.29) is 17.2 Å². The van der Waals surface area contributed by atoms with Crippen LogP contribution in [0.2, 0.25) is 0 Å². The summed E-state index contributed by atoms with van der Waals surface area (Å²) < 4.78 is 37.1. The molecule has 0 saturated carbocycles. The fourth-order valence-electron chi connectivity index (χ4n) is 1.19. The Morgan fingerprint density at radius 2 is 1.95 bits per heavy atom. The first-order chi connectivity index (χ1) is 8.50. The van der Waals surface area contributed by atoms with Gasteiger partial charge in [0.05, 0.1) is 11.8 Å². The molecule has 1 aromatic heterocycles. The highest BCUT2D eigenvalue weighted by atomic mass is 32.3. The van der Waals surface area contributed by atoms with Gasteiger partial charge < -0.3 is 9.08 Å². The maximum absolute atomic E-state index is 12.4. The first-order valence-corrected chi connectivity index (χ1v) is 6.69. The van der Waals surface area contributed by atoms with Crippen molar-refractivity contribution < 1.29 is 21.3 Å². The number of hydrogen-bond acceptors (Lipinski definition) is 5. The van der Waals surface area contributed by atoms with Gasteiger partial charge in [-0.25, -0.2) is 0 Å². The van der Waals surface area contributed by atoms with Crippen molar-refractivity contribution in [1.29, 1.82) is 0 Å². The number of pyridine rings is 1. The lowest BCUT2D eigenvalue weighted by Gasteiger charge is -2.32. The van der Waals surface area contributed by atoms with Crippen LogP contribution in [-0.2, 0) is 10.5 Å². The molecule has 0 N–H and O–H groups in total. The quantitative estimate of drug-likeness (QED) is 0.789. The molecule has 1 heterocycles. The van der Waals surface area contributed by atoms with Gasteiger partial charge in [0.2, 0.25) is 0 Å². The van der Waals surface area contributed by atoms with Crippen molar-refractivity contribution in [3.63, 3.8) is 0 Å². The van der Waals surface area contributed by atoms with Crippen molar-refractivity contribution in [3.05, 3.63) is 24.0 Å². The van der Waals surface area contributed by atoms with E-state index in [1.54, 1.807) is 7.05 Å². The third-order valence-electron chi connectivity index (χ3n) is 2.47. The highest BCUT2D eigenvalue weighted by Gasteiger charge is 2.24. The maximum Gasteiger partial charge on any atom is 0.488 e. The molecule has 8 heteroatoms. The summed E-state index contributed by atoms with van der Waals surface area (Å²) in [6, 6.07) is 1.12. The van der Waals surface area contributed by atoms with Crippen LogP contribution in [0.3, 0.4) is 0 Å². The minimum absolute atomic E-state index is 0.110. The standard InChI is InChI=1S/C11H15FN2O4S/c1-11(2,3)14(4)10(15)8-5-9(7-13-6-8)18-19(12,16)17/h5-7H,1-4H3. The fourth-order valence-corrected chi connectivity index (χ4v) is 1.52. The van der Waals surface area contributed by atoms with Crippen LogP contribution in [0.1, 0.15) is 31.1 Å². The van der Waals surface area contributed by atoms with Crippen LogP contribution in [0.25, 0.3) is 0 Å². The molecule has 0 aliphatic rings. The van der Waals surface area contributed by atoms with E-state index in [9.17, 15) is 17.1 Å². The van der Waals surface area contributed by atoms with Gasteiger partial charge in [0, 0.05) is 18.8 Å². The molecule has 106 valence electrons. The lowest BCUT2D eigenvalue weighted by molar-refractivity contribution is 0.0655. The van der Waals surface area contributed by atoms with E-state index in [0.29, 0.717) is 0 Å². The van der Waals surface area contributed by atoms with Crippen molar-refractivity contribution in [1.82, 2.24) is 9.88 Å². The predicted molar refractivity (Wildman–Crippen MR) is 66.7 cm³/mol. The molecule has 0 spiro atoms. The fraction of sp³-hybridized carbons (Fsp3) is 0.455. The summed E-state index contributed by atoms with van der Waals surface area (Å²) in [6.07, 6.45) is 2.26. The zero-order valence-electron chi connectivity index (χ0n) is 11.0. The van der Waals surface area contributed by atoms with Crippen molar-refractivity contribution >= 4 is 16.4 Å². The highest BCUT2D eigenvalue weighted by molar-refractivity contribution is 7.81. The molecule has 0 aliphatic carbocycles. The summed E-state index contributed by atoms with van der Waals surface area (Å²) in [7, 11) is -3.53. The summed E-state index contributed by atoms with van der Waals surface area (Å²) in [5.74, 6) is -0.725. The SMILES string of the molecule is CN(C(=O)c1cncc(OS(=O)(=O)F)c1)C(C)(C)C. The third kappa shape index (κ3) is 4.47. The Hall–Kier alpha value is -1.70. The van der Waals surface area contributed by atoms with Gasteiger partial charge in [-0.15, -0.1) is 0 Å². The summed E-state index contributed by atoms with van der Waals surface area (Å²) in [5, 5.41) is 0. The first-order valence-electron chi connectivity index (χ1n) is 5.38. The van der Waals surface area contributed by atoms with Crippen LogP contribution < -0.4 is 4.18 Å². The number of nitrogens with zero attached hydrogens (tertiary/aromatic N) is 2. The Labute approximate surface area is 111 Å². The van der Waals surface area contributed by atoms with Gasteiger partial charge in [0.1, 0.15) is 0 Å². The lowest BCUT2D eigenvalue weighted by atomic mass is 10.1. The van der Waals surface area contributed by atoms with Gasteiger partial charge in [-0.1, -0.05) is 3.89 Å². The average molecular weight is 290 g/mol. The average Bonchev–Trinajstić information content (AvgIpc) is 2.23. The van der Waals surface area contributed by atoms with Gasteiger partial charge in [-0.3, -0.25) is 9.78 Å². The Bertz CT molecular complexity index is 581. The largest absolute Gasteiger partial charge is 0.488 e. The van der Waals surface area contributed by atoms with Crippen LogP contribution in [0.15, 0.2) is 18.5 Å². The molecule has 0 unspecified atom stereocenters. The molecule has 0 aliphatic heterocycles. The summed E-state index contributed by atoms with van der Waals surface area (Å²) in [4.78, 5) is 17.2. The van der Waals surface area contributed by atoms with Crippen LogP contribution >= 0.6 is 0 Å². The van der Waals surface area contributed by atoms with E-state index in [2.05, 4.69) is 9.17 Å². The molecule has 19 heavy (non-hydrogen) atoms. The molecule has 0 atom stereocenters. The third-order valence-corrected chi connectivity index (χ3v) is 2.86. The molecular formula is C11H15FN2O4S. The highest BCUT2D eigenvalue weighted by Crippen LogP contribution is 2.18. The number of aromatic nitrogens is 1. The van der Waals surface area contributed by atoms with E-state index < -0.39 is 16.0 Å². The number of hydrogen-bond donors (Lipinski definition) is 0. The normalized spacial score (nSPS) is 12.1. The number of rotatable bonds is 3. The van der Waals surface area contributed by atoms with Crippen LogP contribution in [-0.4, -0.2) is 36.8 Å². The summed E-state index contributed by atoms with van der Waals surface area (Å²) in [6.45, 7) is 5.51. The minimum Gasteiger partial charge on any atom is -0.357 e. The zero-order valence-corrected chi connectivity index (χ0v) is 11.9. The second kappa shape index (κ2) is 5.12. The summed E-state index contributed by atoms with van der Waals surface area (Å²) >= 11 is 0. The molecule has 1 amide bonds. The molecule has 1 aromatic rings. The summed E-state index contributed by atoms with van der Waals surface area (Å²) in [5.41, 5.74) is -0.307. The Morgan fingerprint density at radius 3 is 2.42 bits per heavy atom. The topological polar surface area (TPSA) is 76.6 Å². The molecule has 0 bridgehead atoms. The smallest absolute Gasteiger partial charge is 0.357 e. The molecule has 0 radical (unpaired) electrons. The number of carbonyl (C=O) groups excluding carboxylic acids is 1. The molecule has 0 saturated heterocycles.